The maximum atomic E-state index is 11.7. The maximum Gasteiger partial charge on any atom is 0.246 e. The molecular weight excluding hydrogens is 370 g/mol. The lowest BCUT2D eigenvalue weighted by molar-refractivity contribution is -0.159. The van der Waals surface area contributed by atoms with Crippen LogP contribution in [-0.4, -0.2) is 47.6 Å². The smallest absolute Gasteiger partial charge is 0.246 e. The number of rotatable bonds is 7. The molecule has 0 fully saturated rings. The van der Waals surface area contributed by atoms with Gasteiger partial charge in [0.15, 0.2) is 0 Å². The second-order valence-corrected chi connectivity index (χ2v) is 6.47. The van der Waals surface area contributed by atoms with Gasteiger partial charge in [0.05, 0.1) is 19.9 Å². The van der Waals surface area contributed by atoms with E-state index in [2.05, 4.69) is 10.2 Å². The number of carbonyl (C=O) groups excluding carboxylic acids is 1. The van der Waals surface area contributed by atoms with Crippen molar-refractivity contribution < 1.29 is 19.5 Å². The summed E-state index contributed by atoms with van der Waals surface area (Å²) in [5.74, 6) is 1.14. The largest absolute Gasteiger partial charge is 0.497 e. The second kappa shape index (κ2) is 9.16. The zero-order valence-electron chi connectivity index (χ0n) is 16.6. The van der Waals surface area contributed by atoms with Crippen LogP contribution in [0.5, 0.6) is 11.5 Å². The number of methoxy groups -OCH3 is 2. The van der Waals surface area contributed by atoms with Crippen molar-refractivity contribution in [2.45, 2.75) is 12.8 Å². The van der Waals surface area contributed by atoms with E-state index < -0.39 is 0 Å². The van der Waals surface area contributed by atoms with E-state index in [1.165, 1.54) is 7.05 Å². The summed E-state index contributed by atoms with van der Waals surface area (Å²) in [7, 11) is 4.56. The van der Waals surface area contributed by atoms with Gasteiger partial charge < -0.3 is 9.47 Å². The van der Waals surface area contributed by atoms with Gasteiger partial charge in [-0.2, -0.15) is 5.10 Å². The molecule has 3 rings (SSSR count). The van der Waals surface area contributed by atoms with Crippen molar-refractivity contribution in [3.05, 3.63) is 60.3 Å². The van der Waals surface area contributed by atoms with Gasteiger partial charge in [0.1, 0.15) is 17.2 Å². The molecule has 0 bridgehead atoms. The van der Waals surface area contributed by atoms with Crippen molar-refractivity contribution in [1.82, 2.24) is 15.3 Å². The Bertz CT molecular complexity index is 970. The van der Waals surface area contributed by atoms with Crippen LogP contribution < -0.4 is 9.47 Å². The zero-order valence-corrected chi connectivity index (χ0v) is 16.6. The standard InChI is InChI=1S/C22H23N3O4/c1-25(27)21(26)13-8-17-14-20(15-4-9-18(28-2)10-5-15)22(24-23-17)16-6-11-19(29-3)12-7-16/h4-7,9-12,14,27H,8,13H2,1-3H3. The van der Waals surface area contributed by atoms with Crippen molar-refractivity contribution in [1.29, 1.82) is 0 Å². The zero-order chi connectivity index (χ0) is 20.8. The number of ether oxygens (including phenoxy) is 2. The van der Waals surface area contributed by atoms with Crippen LogP contribution in [0.1, 0.15) is 12.1 Å². The predicted octanol–water partition coefficient (Wildman–Crippen LogP) is 3.61. The van der Waals surface area contributed by atoms with E-state index in [9.17, 15) is 10.0 Å². The molecule has 2 aromatic carbocycles. The summed E-state index contributed by atoms with van der Waals surface area (Å²) in [5.41, 5.74) is 4.16. The molecular formula is C22H23N3O4. The van der Waals surface area contributed by atoms with E-state index in [1.54, 1.807) is 14.2 Å². The average molecular weight is 393 g/mol. The number of carbonyl (C=O) groups is 1. The van der Waals surface area contributed by atoms with Gasteiger partial charge in [-0.3, -0.25) is 10.0 Å². The van der Waals surface area contributed by atoms with Gasteiger partial charge in [-0.1, -0.05) is 12.1 Å². The van der Waals surface area contributed by atoms with Gasteiger partial charge in [-0.25, -0.2) is 5.06 Å². The first-order valence-corrected chi connectivity index (χ1v) is 9.12. The summed E-state index contributed by atoms with van der Waals surface area (Å²) < 4.78 is 10.5. The van der Waals surface area contributed by atoms with E-state index in [-0.39, 0.29) is 12.3 Å². The van der Waals surface area contributed by atoms with Crippen molar-refractivity contribution in [3.63, 3.8) is 0 Å². The lowest BCUT2D eigenvalue weighted by Gasteiger charge is -2.12. The highest BCUT2D eigenvalue weighted by atomic mass is 16.5. The topological polar surface area (TPSA) is 84.8 Å². The molecule has 29 heavy (non-hydrogen) atoms. The minimum absolute atomic E-state index is 0.144. The van der Waals surface area contributed by atoms with Gasteiger partial charge >= 0.3 is 0 Å². The lowest BCUT2D eigenvalue weighted by atomic mass is 9.98. The van der Waals surface area contributed by atoms with Crippen molar-refractivity contribution in [3.8, 4) is 33.9 Å². The van der Waals surface area contributed by atoms with Gasteiger partial charge in [0.25, 0.3) is 0 Å². The van der Waals surface area contributed by atoms with Crippen LogP contribution in [0.15, 0.2) is 54.6 Å². The van der Waals surface area contributed by atoms with Crippen LogP contribution in [0.25, 0.3) is 22.4 Å². The van der Waals surface area contributed by atoms with Crippen molar-refractivity contribution in [2.75, 3.05) is 21.3 Å². The van der Waals surface area contributed by atoms with Crippen LogP contribution in [0, 0.1) is 0 Å². The number of amides is 1. The quantitative estimate of drug-likeness (QED) is 0.488. The third-order valence-corrected chi connectivity index (χ3v) is 4.56. The van der Waals surface area contributed by atoms with E-state index in [0.717, 1.165) is 33.9 Å². The third-order valence-electron chi connectivity index (χ3n) is 4.56. The Kier molecular flexibility index (Phi) is 6.41. The fraction of sp³-hybridized carbons (Fsp3) is 0.227. The molecule has 1 heterocycles. The van der Waals surface area contributed by atoms with Crippen LogP contribution in [0.2, 0.25) is 0 Å². The average Bonchev–Trinajstić information content (AvgIpc) is 2.77. The van der Waals surface area contributed by atoms with Crippen molar-refractivity contribution >= 4 is 5.91 Å². The van der Waals surface area contributed by atoms with Gasteiger partial charge in [0.2, 0.25) is 5.91 Å². The fourth-order valence-corrected chi connectivity index (χ4v) is 2.90. The maximum absolute atomic E-state index is 11.7. The van der Waals surface area contributed by atoms with Crippen LogP contribution in [0.3, 0.4) is 0 Å². The molecule has 3 aromatic rings. The van der Waals surface area contributed by atoms with Crippen molar-refractivity contribution in [2.24, 2.45) is 0 Å². The molecule has 1 N–H and O–H groups in total. The van der Waals surface area contributed by atoms with E-state index in [4.69, 9.17) is 9.47 Å². The van der Waals surface area contributed by atoms with E-state index >= 15 is 0 Å². The van der Waals surface area contributed by atoms with Gasteiger partial charge in [0, 0.05) is 31.0 Å². The number of hydrogen-bond donors (Lipinski definition) is 1. The molecule has 150 valence electrons. The van der Waals surface area contributed by atoms with Gasteiger partial charge in [-0.15, -0.1) is 5.10 Å². The number of nitrogens with zero attached hydrogens (tertiary/aromatic N) is 3. The number of aromatic nitrogens is 2. The summed E-state index contributed by atoms with van der Waals surface area (Å²) >= 11 is 0. The Morgan fingerprint density at radius 2 is 1.48 bits per heavy atom. The molecule has 7 heteroatoms. The summed E-state index contributed by atoms with van der Waals surface area (Å²) in [6.07, 6.45) is 0.522. The molecule has 0 saturated carbocycles. The molecule has 0 atom stereocenters. The Morgan fingerprint density at radius 3 is 2.00 bits per heavy atom. The number of aryl methyl sites for hydroxylation is 1. The van der Waals surface area contributed by atoms with Gasteiger partial charge in [-0.05, 0) is 48.0 Å². The molecule has 1 aromatic heterocycles. The molecule has 0 unspecified atom stereocenters. The fourth-order valence-electron chi connectivity index (χ4n) is 2.90. The Morgan fingerprint density at radius 1 is 0.931 bits per heavy atom. The van der Waals surface area contributed by atoms with Crippen LogP contribution in [-0.2, 0) is 11.2 Å². The highest BCUT2D eigenvalue weighted by Crippen LogP contribution is 2.32. The third kappa shape index (κ3) is 4.89. The Balaban J connectivity index is 2.00. The molecule has 0 saturated heterocycles. The van der Waals surface area contributed by atoms with Crippen LogP contribution in [0.4, 0.5) is 0 Å². The molecule has 0 spiro atoms. The molecule has 0 radical (unpaired) electrons. The summed E-state index contributed by atoms with van der Waals surface area (Å²) in [6, 6.07) is 17.2. The van der Waals surface area contributed by atoms with E-state index in [1.807, 2.05) is 54.6 Å². The minimum Gasteiger partial charge on any atom is -0.497 e. The normalized spacial score (nSPS) is 10.5. The Labute approximate surface area is 169 Å². The summed E-state index contributed by atoms with van der Waals surface area (Å²) in [6.45, 7) is 0. The Hall–Kier alpha value is -3.45. The van der Waals surface area contributed by atoms with Crippen LogP contribution >= 0.6 is 0 Å². The minimum atomic E-state index is -0.378. The molecule has 7 nitrogen and oxygen atoms in total. The first-order chi connectivity index (χ1) is 14.0. The monoisotopic (exact) mass is 393 g/mol. The number of benzene rings is 2. The highest BCUT2D eigenvalue weighted by Gasteiger charge is 2.14. The van der Waals surface area contributed by atoms with E-state index in [0.29, 0.717) is 17.2 Å². The molecule has 0 aliphatic rings. The first kappa shape index (κ1) is 20.3. The predicted molar refractivity (Wildman–Crippen MR) is 109 cm³/mol. The molecule has 1 amide bonds. The highest BCUT2D eigenvalue weighted by molar-refractivity contribution is 5.81. The molecule has 0 aliphatic heterocycles. The first-order valence-electron chi connectivity index (χ1n) is 9.12. The summed E-state index contributed by atoms with van der Waals surface area (Å²) in [4.78, 5) is 11.7. The summed E-state index contributed by atoms with van der Waals surface area (Å²) in [5, 5.41) is 18.6. The number of hydroxylamine groups is 2. The number of hydrogen-bond acceptors (Lipinski definition) is 6. The second-order valence-electron chi connectivity index (χ2n) is 6.47. The SMILES string of the molecule is COc1ccc(-c2cc(CCC(=O)N(C)O)nnc2-c2ccc(OC)cc2)cc1. The lowest BCUT2D eigenvalue weighted by Crippen LogP contribution is -2.22. The molecule has 0 aliphatic carbocycles.